The molecule has 1 spiro atoms. The van der Waals surface area contributed by atoms with E-state index < -0.39 is 0 Å². The lowest BCUT2D eigenvalue weighted by atomic mass is 9.68. The summed E-state index contributed by atoms with van der Waals surface area (Å²) in [5.74, 6) is 4.22. The molecule has 2 bridgehead atoms. The van der Waals surface area contributed by atoms with Crippen molar-refractivity contribution in [1.82, 2.24) is 9.88 Å². The fourth-order valence-electron chi connectivity index (χ4n) is 5.49. The number of benzene rings is 1. The molecule has 5 rings (SSSR count). The van der Waals surface area contributed by atoms with Crippen LogP contribution in [0.4, 0.5) is 0 Å². The van der Waals surface area contributed by atoms with Crippen molar-refractivity contribution in [3.63, 3.8) is 0 Å². The van der Waals surface area contributed by atoms with Crippen molar-refractivity contribution in [1.29, 1.82) is 0 Å². The van der Waals surface area contributed by atoms with Gasteiger partial charge in [-0.2, -0.15) is 0 Å². The molecule has 4 heteroatoms. The summed E-state index contributed by atoms with van der Waals surface area (Å²) in [6, 6.07) is 9.58. The maximum Gasteiger partial charge on any atom is 0.104 e. The molecule has 2 aromatic rings. The van der Waals surface area contributed by atoms with Crippen LogP contribution >= 0.6 is 23.5 Å². The van der Waals surface area contributed by atoms with Gasteiger partial charge in [-0.15, -0.1) is 23.5 Å². The lowest BCUT2D eigenvalue weighted by Crippen LogP contribution is -2.52. The second-order valence-electron chi connectivity index (χ2n) is 7.57. The van der Waals surface area contributed by atoms with Crippen LogP contribution in [0.5, 0.6) is 0 Å². The molecule has 128 valence electrons. The van der Waals surface area contributed by atoms with Crippen molar-refractivity contribution in [2.45, 2.75) is 36.3 Å². The molecule has 0 amide bonds. The van der Waals surface area contributed by atoms with Crippen LogP contribution in [-0.2, 0) is 4.08 Å². The first-order valence-corrected chi connectivity index (χ1v) is 11.3. The van der Waals surface area contributed by atoms with Gasteiger partial charge in [0.25, 0.3) is 0 Å². The van der Waals surface area contributed by atoms with Crippen molar-refractivity contribution >= 4 is 34.4 Å². The van der Waals surface area contributed by atoms with E-state index in [0.717, 1.165) is 11.8 Å². The summed E-state index contributed by atoms with van der Waals surface area (Å²) < 4.78 is 0.269. The molecule has 1 aromatic carbocycles. The van der Waals surface area contributed by atoms with Crippen molar-refractivity contribution in [2.75, 3.05) is 25.1 Å². The van der Waals surface area contributed by atoms with Crippen LogP contribution in [-0.4, -0.2) is 35.0 Å². The van der Waals surface area contributed by atoms with Gasteiger partial charge in [0.15, 0.2) is 0 Å². The first-order chi connectivity index (χ1) is 11.8. The molecule has 2 nitrogen and oxygen atoms in total. The third-order valence-corrected chi connectivity index (χ3v) is 10.0. The number of para-hydroxylation sites is 1. The van der Waals surface area contributed by atoms with Crippen LogP contribution in [0.3, 0.4) is 0 Å². The summed E-state index contributed by atoms with van der Waals surface area (Å²) in [5.41, 5.74) is 4.52. The van der Waals surface area contributed by atoms with Gasteiger partial charge in [0.1, 0.15) is 4.08 Å². The van der Waals surface area contributed by atoms with Gasteiger partial charge < -0.3 is 4.98 Å². The monoisotopic (exact) mass is 358 g/mol. The Hall–Kier alpha value is -0.580. The minimum absolute atomic E-state index is 0.269. The van der Waals surface area contributed by atoms with E-state index in [-0.39, 0.29) is 4.08 Å². The molecular formula is C20H26N2S2. The lowest BCUT2D eigenvalue weighted by Gasteiger charge is -2.56. The molecular weight excluding hydrogens is 332 g/mol. The predicted octanol–water partition coefficient (Wildman–Crippen LogP) is 5.22. The minimum Gasteiger partial charge on any atom is -0.356 e. The van der Waals surface area contributed by atoms with Crippen LogP contribution in [0.15, 0.2) is 24.3 Å². The number of hydrogen-bond acceptors (Lipinski definition) is 3. The van der Waals surface area contributed by atoms with Crippen LogP contribution in [0.2, 0.25) is 0 Å². The number of hydrogen-bond donors (Lipinski definition) is 1. The highest BCUT2D eigenvalue weighted by Crippen LogP contribution is 2.66. The molecule has 2 saturated heterocycles. The average molecular weight is 359 g/mol. The van der Waals surface area contributed by atoms with Crippen LogP contribution in [0.25, 0.3) is 10.9 Å². The van der Waals surface area contributed by atoms with E-state index in [0.29, 0.717) is 6.04 Å². The lowest BCUT2D eigenvalue weighted by molar-refractivity contribution is 0.0457. The molecule has 1 aromatic heterocycles. The molecule has 2 fully saturated rings. The Morgan fingerprint density at radius 1 is 1.25 bits per heavy atom. The fourth-order valence-corrected chi connectivity index (χ4v) is 9.32. The van der Waals surface area contributed by atoms with E-state index in [4.69, 9.17) is 0 Å². The van der Waals surface area contributed by atoms with E-state index >= 15 is 0 Å². The number of thioether (sulfide) groups is 2. The van der Waals surface area contributed by atoms with Gasteiger partial charge in [0.05, 0.1) is 0 Å². The predicted molar refractivity (Wildman–Crippen MR) is 107 cm³/mol. The highest BCUT2D eigenvalue weighted by atomic mass is 32.2. The molecule has 1 N–H and O–H groups in total. The molecule has 24 heavy (non-hydrogen) atoms. The maximum absolute atomic E-state index is 3.90. The van der Waals surface area contributed by atoms with Gasteiger partial charge in [0.2, 0.25) is 0 Å². The number of nitrogens with zero attached hydrogens (tertiary/aromatic N) is 1. The van der Waals surface area contributed by atoms with Crippen LogP contribution < -0.4 is 0 Å². The summed E-state index contributed by atoms with van der Waals surface area (Å²) >= 11 is 4.49. The second-order valence-corrected chi connectivity index (χ2v) is 10.5. The molecule has 2 aliphatic heterocycles. The maximum atomic E-state index is 3.90. The van der Waals surface area contributed by atoms with E-state index in [9.17, 15) is 0 Å². The molecule has 3 unspecified atom stereocenters. The van der Waals surface area contributed by atoms with Gasteiger partial charge in [-0.05, 0) is 55.8 Å². The standard InChI is InChI=1S/C20H26N2S2/c1-3-13-15-9-10-22(2)18(13)17-14-7-4-5-8-16(14)21-19(17)20(15)23-11-6-12-24-20/h4-5,7-8,13,15,18,21H,3,6,9-12H2,1-2H3. The van der Waals surface area contributed by atoms with Crippen molar-refractivity contribution < 1.29 is 0 Å². The fraction of sp³-hybridized carbons (Fsp3) is 0.600. The second kappa shape index (κ2) is 5.72. The number of nitrogens with one attached hydrogen (secondary N) is 1. The van der Waals surface area contributed by atoms with Gasteiger partial charge in [0, 0.05) is 28.2 Å². The number of aromatic amines is 1. The first kappa shape index (κ1) is 15.7. The normalized spacial score (nSPS) is 32.2. The Bertz CT molecular complexity index is 762. The number of likely N-dealkylation sites (tertiary alicyclic amines) is 1. The number of fused-ring (bicyclic) bond motifs is 8. The largest absolute Gasteiger partial charge is 0.356 e. The number of piperidine rings is 1. The highest BCUT2D eigenvalue weighted by Gasteiger charge is 2.57. The topological polar surface area (TPSA) is 19.0 Å². The summed E-state index contributed by atoms with van der Waals surface area (Å²) in [7, 11) is 2.34. The van der Waals surface area contributed by atoms with Crippen molar-refractivity contribution in [2.24, 2.45) is 11.8 Å². The molecule has 0 saturated carbocycles. The first-order valence-electron chi connectivity index (χ1n) is 9.35. The van der Waals surface area contributed by atoms with Gasteiger partial charge in [-0.1, -0.05) is 31.5 Å². The third kappa shape index (κ3) is 1.96. The Kier molecular flexibility index (Phi) is 3.73. The zero-order chi connectivity index (χ0) is 16.3. The van der Waals surface area contributed by atoms with E-state index in [1.807, 2.05) is 0 Å². The zero-order valence-corrected chi connectivity index (χ0v) is 16.2. The van der Waals surface area contributed by atoms with E-state index in [1.54, 1.807) is 11.3 Å². The highest BCUT2D eigenvalue weighted by molar-refractivity contribution is 8.18. The Morgan fingerprint density at radius 3 is 2.83 bits per heavy atom. The summed E-state index contributed by atoms with van der Waals surface area (Å²) in [4.78, 5) is 6.54. The summed E-state index contributed by atoms with van der Waals surface area (Å²) in [6.45, 7) is 3.66. The third-order valence-electron chi connectivity index (χ3n) is 6.46. The summed E-state index contributed by atoms with van der Waals surface area (Å²) in [5, 5.41) is 1.47. The number of aromatic nitrogens is 1. The van der Waals surface area contributed by atoms with Crippen LogP contribution in [0, 0.1) is 11.8 Å². The quantitative estimate of drug-likeness (QED) is 0.754. The SMILES string of the molecule is CCC1C2c3c([nH]c4ccccc34)C3(SCCCS3)C1CCN2C. The summed E-state index contributed by atoms with van der Waals surface area (Å²) in [6.07, 6.45) is 4.00. The Balaban J connectivity index is 1.82. The van der Waals surface area contributed by atoms with E-state index in [2.05, 4.69) is 71.6 Å². The Labute approximate surface area is 153 Å². The smallest absolute Gasteiger partial charge is 0.104 e. The minimum atomic E-state index is 0.269. The van der Waals surface area contributed by atoms with Crippen molar-refractivity contribution in [3.05, 3.63) is 35.5 Å². The molecule has 3 atom stereocenters. The zero-order valence-electron chi connectivity index (χ0n) is 14.5. The Morgan fingerprint density at radius 2 is 2.04 bits per heavy atom. The molecule has 0 radical (unpaired) electrons. The van der Waals surface area contributed by atoms with Crippen LogP contribution in [0.1, 0.15) is 43.5 Å². The van der Waals surface area contributed by atoms with Gasteiger partial charge in [-0.25, -0.2) is 0 Å². The van der Waals surface area contributed by atoms with E-state index in [1.165, 1.54) is 48.2 Å². The molecule has 1 aliphatic carbocycles. The van der Waals surface area contributed by atoms with Crippen molar-refractivity contribution in [3.8, 4) is 0 Å². The van der Waals surface area contributed by atoms with Gasteiger partial charge in [-0.3, -0.25) is 4.90 Å². The number of H-pyrrole nitrogens is 1. The molecule has 3 heterocycles. The average Bonchev–Trinajstić information content (AvgIpc) is 3.01. The van der Waals surface area contributed by atoms with Gasteiger partial charge >= 0.3 is 0 Å². The number of rotatable bonds is 1. The molecule has 3 aliphatic rings.